The van der Waals surface area contributed by atoms with Crippen LogP contribution in [0.5, 0.6) is 0 Å². The maximum Gasteiger partial charge on any atom is -0.0210 e. The molecule has 10 heavy (non-hydrogen) atoms. The maximum atomic E-state index is 2.40. The Kier molecular flexibility index (Phi) is 2.53. The van der Waals surface area contributed by atoms with Crippen LogP contribution >= 0.6 is 0 Å². The molecule has 58 valence electrons. The number of hydrogen-bond donors (Lipinski definition) is 0. The molecule has 0 saturated carbocycles. The Bertz CT molecular complexity index is 122. The number of allylic oxidation sites excluding steroid dienone is 2. The zero-order valence-electron chi connectivity index (χ0n) is 7.30. The van der Waals surface area contributed by atoms with E-state index in [-0.39, 0.29) is 0 Å². The van der Waals surface area contributed by atoms with Crippen molar-refractivity contribution in [2.24, 2.45) is 17.8 Å². The van der Waals surface area contributed by atoms with Gasteiger partial charge in [0.15, 0.2) is 0 Å². The number of rotatable bonds is 1. The lowest BCUT2D eigenvalue weighted by atomic mass is 9.83. The largest absolute Gasteiger partial charge is 0.0854 e. The van der Waals surface area contributed by atoms with Gasteiger partial charge in [-0.1, -0.05) is 32.9 Å². The molecule has 0 aromatic carbocycles. The fraction of sp³-hybridized carbons (Fsp3) is 0.800. The van der Waals surface area contributed by atoms with Gasteiger partial charge in [0.2, 0.25) is 0 Å². The fourth-order valence-electron chi connectivity index (χ4n) is 1.54. The summed E-state index contributed by atoms with van der Waals surface area (Å²) in [6.45, 7) is 6.92. The SMILES string of the molecule is CC(C)[C@H]1C=C[C@@H](C)CC1. The van der Waals surface area contributed by atoms with Crippen LogP contribution < -0.4 is 0 Å². The summed E-state index contributed by atoms with van der Waals surface area (Å²) in [7, 11) is 0. The molecule has 0 N–H and O–H groups in total. The van der Waals surface area contributed by atoms with Gasteiger partial charge in [-0.25, -0.2) is 0 Å². The molecule has 0 heteroatoms. The summed E-state index contributed by atoms with van der Waals surface area (Å²) in [6, 6.07) is 0. The van der Waals surface area contributed by atoms with Gasteiger partial charge in [0.05, 0.1) is 0 Å². The molecule has 0 aromatic rings. The molecule has 0 aliphatic heterocycles. The maximum absolute atomic E-state index is 2.40. The predicted octanol–water partition coefficient (Wildman–Crippen LogP) is 3.24. The second-order valence-electron chi connectivity index (χ2n) is 3.85. The quantitative estimate of drug-likeness (QED) is 0.488. The van der Waals surface area contributed by atoms with Crippen molar-refractivity contribution in [3.05, 3.63) is 12.2 Å². The second kappa shape index (κ2) is 3.23. The van der Waals surface area contributed by atoms with Crippen molar-refractivity contribution < 1.29 is 0 Å². The van der Waals surface area contributed by atoms with Gasteiger partial charge < -0.3 is 0 Å². The molecule has 0 radical (unpaired) electrons. The lowest BCUT2D eigenvalue weighted by Crippen LogP contribution is -2.11. The van der Waals surface area contributed by atoms with Crippen molar-refractivity contribution in [2.45, 2.75) is 33.6 Å². The van der Waals surface area contributed by atoms with Gasteiger partial charge in [-0.3, -0.25) is 0 Å². The van der Waals surface area contributed by atoms with Gasteiger partial charge in [-0.15, -0.1) is 0 Å². The summed E-state index contributed by atoms with van der Waals surface area (Å²) >= 11 is 0. The van der Waals surface area contributed by atoms with Crippen LogP contribution in [0.4, 0.5) is 0 Å². The second-order valence-corrected chi connectivity index (χ2v) is 3.85. The van der Waals surface area contributed by atoms with Crippen LogP contribution in [0.1, 0.15) is 33.6 Å². The summed E-state index contributed by atoms with van der Waals surface area (Å²) in [5, 5.41) is 0. The van der Waals surface area contributed by atoms with E-state index in [0.717, 1.165) is 17.8 Å². The summed E-state index contributed by atoms with van der Waals surface area (Å²) in [4.78, 5) is 0. The predicted molar refractivity (Wildman–Crippen MR) is 45.9 cm³/mol. The molecule has 1 aliphatic carbocycles. The summed E-state index contributed by atoms with van der Waals surface area (Å²) in [6.07, 6.45) is 7.56. The molecule has 1 rings (SSSR count). The van der Waals surface area contributed by atoms with E-state index in [2.05, 4.69) is 32.9 Å². The van der Waals surface area contributed by atoms with Gasteiger partial charge in [-0.05, 0) is 30.6 Å². The third-order valence-corrected chi connectivity index (χ3v) is 2.50. The molecule has 1 aliphatic rings. The number of hydrogen-bond acceptors (Lipinski definition) is 0. The van der Waals surface area contributed by atoms with E-state index in [1.807, 2.05) is 0 Å². The van der Waals surface area contributed by atoms with E-state index in [1.165, 1.54) is 12.8 Å². The minimum atomic E-state index is 0.829. The Labute approximate surface area is 64.3 Å². The molecule has 0 nitrogen and oxygen atoms in total. The Hall–Kier alpha value is -0.260. The van der Waals surface area contributed by atoms with Crippen LogP contribution in [0, 0.1) is 17.8 Å². The summed E-state index contributed by atoms with van der Waals surface area (Å²) in [5.41, 5.74) is 0. The van der Waals surface area contributed by atoms with Crippen molar-refractivity contribution in [3.63, 3.8) is 0 Å². The van der Waals surface area contributed by atoms with Crippen molar-refractivity contribution in [3.8, 4) is 0 Å². The fourth-order valence-corrected chi connectivity index (χ4v) is 1.54. The van der Waals surface area contributed by atoms with Gasteiger partial charge in [-0.2, -0.15) is 0 Å². The standard InChI is InChI=1S/C10H18/c1-8(2)10-6-4-9(3)5-7-10/h4,6,8-10H,5,7H2,1-3H3/t9-,10+/m1/s1. The topological polar surface area (TPSA) is 0 Å². The molecule has 0 unspecified atom stereocenters. The lowest BCUT2D eigenvalue weighted by molar-refractivity contribution is 0.383. The Morgan fingerprint density at radius 1 is 1.20 bits per heavy atom. The van der Waals surface area contributed by atoms with Crippen LogP contribution in [-0.2, 0) is 0 Å². The first kappa shape index (κ1) is 7.84. The average molecular weight is 138 g/mol. The summed E-state index contributed by atoms with van der Waals surface area (Å²) < 4.78 is 0. The first-order chi connectivity index (χ1) is 4.70. The Morgan fingerprint density at radius 2 is 1.90 bits per heavy atom. The molecular formula is C10H18. The van der Waals surface area contributed by atoms with Crippen LogP contribution in [0.25, 0.3) is 0 Å². The molecule has 0 aromatic heterocycles. The molecular weight excluding hydrogens is 120 g/mol. The lowest BCUT2D eigenvalue weighted by Gasteiger charge is -2.22. The van der Waals surface area contributed by atoms with E-state index >= 15 is 0 Å². The first-order valence-corrected chi connectivity index (χ1v) is 4.38. The first-order valence-electron chi connectivity index (χ1n) is 4.38. The molecule has 2 atom stereocenters. The van der Waals surface area contributed by atoms with Gasteiger partial charge in [0, 0.05) is 0 Å². The normalized spacial score (nSPS) is 33.2. The van der Waals surface area contributed by atoms with Crippen molar-refractivity contribution >= 4 is 0 Å². The minimum absolute atomic E-state index is 0.829. The smallest absolute Gasteiger partial charge is 0.0210 e. The van der Waals surface area contributed by atoms with Gasteiger partial charge in [0.1, 0.15) is 0 Å². The Balaban J connectivity index is 2.45. The highest BCUT2D eigenvalue weighted by atomic mass is 14.2. The van der Waals surface area contributed by atoms with Crippen LogP contribution in [0.2, 0.25) is 0 Å². The van der Waals surface area contributed by atoms with Crippen LogP contribution in [0.15, 0.2) is 12.2 Å². The van der Waals surface area contributed by atoms with Crippen molar-refractivity contribution in [1.82, 2.24) is 0 Å². The monoisotopic (exact) mass is 138 g/mol. The zero-order chi connectivity index (χ0) is 7.56. The van der Waals surface area contributed by atoms with Gasteiger partial charge in [0.25, 0.3) is 0 Å². The third kappa shape index (κ3) is 1.86. The molecule has 0 heterocycles. The van der Waals surface area contributed by atoms with Crippen molar-refractivity contribution in [2.75, 3.05) is 0 Å². The molecule has 0 saturated heterocycles. The van der Waals surface area contributed by atoms with Crippen LogP contribution in [0.3, 0.4) is 0 Å². The van der Waals surface area contributed by atoms with Crippen LogP contribution in [-0.4, -0.2) is 0 Å². The van der Waals surface area contributed by atoms with Crippen molar-refractivity contribution in [1.29, 1.82) is 0 Å². The third-order valence-electron chi connectivity index (χ3n) is 2.50. The van der Waals surface area contributed by atoms with E-state index in [9.17, 15) is 0 Å². The zero-order valence-corrected chi connectivity index (χ0v) is 7.30. The molecule has 0 fully saturated rings. The van der Waals surface area contributed by atoms with E-state index in [4.69, 9.17) is 0 Å². The summed E-state index contributed by atoms with van der Waals surface area (Å²) in [5.74, 6) is 2.52. The minimum Gasteiger partial charge on any atom is -0.0854 e. The van der Waals surface area contributed by atoms with E-state index in [1.54, 1.807) is 0 Å². The highest BCUT2D eigenvalue weighted by molar-refractivity contribution is 4.97. The van der Waals surface area contributed by atoms with E-state index < -0.39 is 0 Å². The Morgan fingerprint density at radius 3 is 2.30 bits per heavy atom. The highest BCUT2D eigenvalue weighted by Gasteiger charge is 2.14. The molecule has 0 spiro atoms. The molecule has 0 bridgehead atoms. The highest BCUT2D eigenvalue weighted by Crippen LogP contribution is 2.26. The molecule has 0 amide bonds. The van der Waals surface area contributed by atoms with Gasteiger partial charge >= 0.3 is 0 Å². The average Bonchev–Trinajstić information content (AvgIpc) is 1.88. The van der Waals surface area contributed by atoms with E-state index in [0.29, 0.717) is 0 Å².